The van der Waals surface area contributed by atoms with Crippen LogP contribution in [0.15, 0.2) is 18.3 Å². The highest BCUT2D eigenvalue weighted by atomic mass is 16.3. The van der Waals surface area contributed by atoms with Crippen LogP contribution >= 0.6 is 0 Å². The molecule has 1 aliphatic carbocycles. The summed E-state index contributed by atoms with van der Waals surface area (Å²) in [6.07, 6.45) is 8.15. The zero-order valence-electron chi connectivity index (χ0n) is 11.0. The Kier molecular flexibility index (Phi) is 3.25. The Morgan fingerprint density at radius 3 is 3.00 bits per heavy atom. The second-order valence-electron chi connectivity index (χ2n) is 5.72. The van der Waals surface area contributed by atoms with Gasteiger partial charge in [-0.15, -0.1) is 0 Å². The summed E-state index contributed by atoms with van der Waals surface area (Å²) in [7, 11) is 0. The van der Waals surface area contributed by atoms with Crippen molar-refractivity contribution >= 4 is 5.82 Å². The Hall–Kier alpha value is -1.09. The van der Waals surface area contributed by atoms with Crippen LogP contribution in [0.1, 0.15) is 50.7 Å². The monoisotopic (exact) mass is 246 g/mol. The van der Waals surface area contributed by atoms with Crippen LogP contribution in [0.2, 0.25) is 0 Å². The third-order valence-electron chi connectivity index (χ3n) is 4.54. The van der Waals surface area contributed by atoms with Crippen LogP contribution in [0, 0.1) is 5.92 Å². The van der Waals surface area contributed by atoms with Crippen molar-refractivity contribution in [3.05, 3.63) is 23.9 Å². The molecule has 2 heterocycles. The first-order valence-electron chi connectivity index (χ1n) is 7.16. The second kappa shape index (κ2) is 4.88. The van der Waals surface area contributed by atoms with Gasteiger partial charge in [-0.2, -0.15) is 0 Å². The van der Waals surface area contributed by atoms with Crippen molar-refractivity contribution < 1.29 is 5.11 Å². The molecule has 1 aromatic rings. The number of rotatable bonds is 2. The molecule has 0 bridgehead atoms. The predicted molar refractivity (Wildman–Crippen MR) is 72.6 cm³/mol. The number of hydrogen-bond acceptors (Lipinski definition) is 3. The lowest BCUT2D eigenvalue weighted by Crippen LogP contribution is -2.43. The van der Waals surface area contributed by atoms with E-state index in [4.69, 9.17) is 0 Å². The van der Waals surface area contributed by atoms with Gasteiger partial charge >= 0.3 is 0 Å². The number of anilines is 1. The van der Waals surface area contributed by atoms with E-state index in [0.29, 0.717) is 6.04 Å². The Morgan fingerprint density at radius 1 is 1.33 bits per heavy atom. The fourth-order valence-corrected chi connectivity index (χ4v) is 3.59. The van der Waals surface area contributed by atoms with E-state index in [2.05, 4.69) is 16.0 Å². The molecule has 0 aromatic carbocycles. The van der Waals surface area contributed by atoms with Crippen molar-refractivity contribution in [1.29, 1.82) is 0 Å². The first-order chi connectivity index (χ1) is 8.75. The fraction of sp³-hybridized carbons (Fsp3) is 0.667. The zero-order chi connectivity index (χ0) is 12.5. The summed E-state index contributed by atoms with van der Waals surface area (Å²) in [5.74, 6) is 1.93. The minimum Gasteiger partial charge on any atom is -0.389 e. The highest BCUT2D eigenvalue weighted by Gasteiger charge is 2.35. The normalized spacial score (nSPS) is 29.1. The van der Waals surface area contributed by atoms with E-state index in [1.807, 2.05) is 19.2 Å². The molecular formula is C15H22N2O. The van der Waals surface area contributed by atoms with Gasteiger partial charge in [-0.05, 0) is 56.2 Å². The molecule has 2 unspecified atom stereocenters. The third-order valence-corrected chi connectivity index (χ3v) is 4.54. The average Bonchev–Trinajstić information content (AvgIpc) is 2.87. The summed E-state index contributed by atoms with van der Waals surface area (Å²) in [5.41, 5.74) is 0.972. The van der Waals surface area contributed by atoms with Gasteiger partial charge < -0.3 is 10.0 Å². The molecule has 3 atom stereocenters. The van der Waals surface area contributed by atoms with E-state index in [1.54, 1.807) is 0 Å². The van der Waals surface area contributed by atoms with Gasteiger partial charge in [-0.25, -0.2) is 4.98 Å². The van der Waals surface area contributed by atoms with Gasteiger partial charge in [-0.3, -0.25) is 0 Å². The van der Waals surface area contributed by atoms with Crippen LogP contribution in [0.4, 0.5) is 5.82 Å². The maximum Gasteiger partial charge on any atom is 0.129 e. The average molecular weight is 246 g/mol. The molecule has 3 nitrogen and oxygen atoms in total. The first-order valence-corrected chi connectivity index (χ1v) is 7.16. The summed E-state index contributed by atoms with van der Waals surface area (Å²) in [6, 6.07) is 4.66. The van der Waals surface area contributed by atoms with Crippen LogP contribution in [0.25, 0.3) is 0 Å². The van der Waals surface area contributed by atoms with Gasteiger partial charge in [0, 0.05) is 18.8 Å². The van der Waals surface area contributed by atoms with E-state index in [9.17, 15) is 5.11 Å². The quantitative estimate of drug-likeness (QED) is 0.871. The first kappa shape index (κ1) is 12.0. The molecule has 1 N–H and O–H groups in total. The molecule has 0 radical (unpaired) electrons. The zero-order valence-corrected chi connectivity index (χ0v) is 11.0. The summed E-state index contributed by atoms with van der Waals surface area (Å²) in [5, 5.41) is 9.69. The maximum atomic E-state index is 9.69. The molecule has 1 aliphatic heterocycles. The van der Waals surface area contributed by atoms with E-state index in [1.165, 1.54) is 32.1 Å². The number of hydrogen-bond donors (Lipinski definition) is 1. The number of pyridine rings is 1. The summed E-state index contributed by atoms with van der Waals surface area (Å²) in [6.45, 7) is 2.94. The molecule has 2 aliphatic rings. The largest absolute Gasteiger partial charge is 0.389 e. The van der Waals surface area contributed by atoms with Gasteiger partial charge in [0.05, 0.1) is 6.10 Å². The van der Waals surface area contributed by atoms with Crippen molar-refractivity contribution in [2.24, 2.45) is 5.92 Å². The number of aliphatic hydroxyl groups is 1. The van der Waals surface area contributed by atoms with Crippen molar-refractivity contribution in [3.8, 4) is 0 Å². The lowest BCUT2D eigenvalue weighted by molar-refractivity contribution is 0.199. The summed E-state index contributed by atoms with van der Waals surface area (Å²) < 4.78 is 0. The van der Waals surface area contributed by atoms with Crippen LogP contribution < -0.4 is 4.90 Å². The van der Waals surface area contributed by atoms with Crippen molar-refractivity contribution in [1.82, 2.24) is 4.98 Å². The minimum atomic E-state index is -0.407. The second-order valence-corrected chi connectivity index (χ2v) is 5.72. The van der Waals surface area contributed by atoms with Gasteiger partial charge in [-0.1, -0.05) is 6.42 Å². The Balaban J connectivity index is 1.86. The van der Waals surface area contributed by atoms with Crippen LogP contribution in [-0.4, -0.2) is 22.7 Å². The van der Waals surface area contributed by atoms with E-state index in [-0.39, 0.29) is 0 Å². The molecular weight excluding hydrogens is 224 g/mol. The number of piperidine rings is 1. The SMILES string of the molecule is C[C@H](O)c1ccnc(N2CCCC3CCCC32)c1. The molecule has 18 heavy (non-hydrogen) atoms. The van der Waals surface area contributed by atoms with Crippen LogP contribution in [0.5, 0.6) is 0 Å². The molecule has 2 fully saturated rings. The molecule has 98 valence electrons. The van der Waals surface area contributed by atoms with E-state index in [0.717, 1.165) is 23.8 Å². The third kappa shape index (κ3) is 2.12. The Morgan fingerprint density at radius 2 is 2.17 bits per heavy atom. The molecule has 3 heteroatoms. The number of aromatic nitrogens is 1. The predicted octanol–water partition coefficient (Wildman–Crippen LogP) is 2.90. The van der Waals surface area contributed by atoms with Gasteiger partial charge in [0.25, 0.3) is 0 Å². The van der Waals surface area contributed by atoms with Crippen molar-refractivity contribution in [2.45, 2.75) is 51.2 Å². The molecule has 3 rings (SSSR count). The van der Waals surface area contributed by atoms with Crippen LogP contribution in [-0.2, 0) is 0 Å². The molecule has 0 spiro atoms. The number of nitrogens with zero attached hydrogens (tertiary/aromatic N) is 2. The Labute approximate surface area is 109 Å². The highest BCUT2D eigenvalue weighted by Crippen LogP contribution is 2.38. The Bertz CT molecular complexity index is 419. The molecule has 1 aromatic heterocycles. The molecule has 1 saturated heterocycles. The van der Waals surface area contributed by atoms with Gasteiger partial charge in [0.15, 0.2) is 0 Å². The van der Waals surface area contributed by atoms with Crippen molar-refractivity contribution in [2.75, 3.05) is 11.4 Å². The molecule has 0 amide bonds. The lowest BCUT2D eigenvalue weighted by Gasteiger charge is -2.38. The van der Waals surface area contributed by atoms with E-state index >= 15 is 0 Å². The topological polar surface area (TPSA) is 36.4 Å². The lowest BCUT2D eigenvalue weighted by atomic mass is 9.92. The van der Waals surface area contributed by atoms with Crippen molar-refractivity contribution in [3.63, 3.8) is 0 Å². The number of fused-ring (bicyclic) bond motifs is 1. The smallest absolute Gasteiger partial charge is 0.129 e. The minimum absolute atomic E-state index is 0.407. The van der Waals surface area contributed by atoms with Crippen LogP contribution in [0.3, 0.4) is 0 Å². The fourth-order valence-electron chi connectivity index (χ4n) is 3.59. The standard InChI is InChI=1S/C15H22N2O/c1-11(18)13-7-8-16-15(10-13)17-9-3-5-12-4-2-6-14(12)17/h7-8,10-12,14,18H,2-6,9H2,1H3/t11-,12?,14?/m0/s1. The van der Waals surface area contributed by atoms with E-state index < -0.39 is 6.10 Å². The van der Waals surface area contributed by atoms with Gasteiger partial charge in [0.1, 0.15) is 5.82 Å². The number of aliphatic hydroxyl groups excluding tert-OH is 1. The van der Waals surface area contributed by atoms with Gasteiger partial charge in [0.2, 0.25) is 0 Å². The summed E-state index contributed by atoms with van der Waals surface area (Å²) in [4.78, 5) is 7.00. The summed E-state index contributed by atoms with van der Waals surface area (Å²) >= 11 is 0. The highest BCUT2D eigenvalue weighted by molar-refractivity contribution is 5.43. The maximum absolute atomic E-state index is 9.69. The molecule has 1 saturated carbocycles.